The predicted octanol–water partition coefficient (Wildman–Crippen LogP) is 2.01. The van der Waals surface area contributed by atoms with Gasteiger partial charge in [0.25, 0.3) is 5.56 Å². The molecule has 8 nitrogen and oxygen atoms in total. The topological polar surface area (TPSA) is 91.0 Å². The number of rotatable bonds is 6. The molecule has 0 saturated carbocycles. The van der Waals surface area contributed by atoms with E-state index in [2.05, 4.69) is 10.4 Å². The minimum Gasteiger partial charge on any atom is -0.376 e. The lowest BCUT2D eigenvalue weighted by molar-refractivity contribution is -0.122. The number of hydrogen-bond donors (Lipinski definition) is 1. The van der Waals surface area contributed by atoms with E-state index >= 15 is 0 Å². The van der Waals surface area contributed by atoms with E-state index in [0.717, 1.165) is 36.4 Å². The highest BCUT2D eigenvalue weighted by molar-refractivity contribution is 5.76. The summed E-state index contributed by atoms with van der Waals surface area (Å²) in [6.07, 6.45) is 1.98. The van der Waals surface area contributed by atoms with Crippen LogP contribution < -0.4 is 10.9 Å². The van der Waals surface area contributed by atoms with Gasteiger partial charge in [-0.25, -0.2) is 9.67 Å². The Bertz CT molecular complexity index is 1100. The van der Waals surface area contributed by atoms with Crippen molar-refractivity contribution in [2.24, 2.45) is 0 Å². The second-order valence-corrected chi connectivity index (χ2v) is 7.51. The highest BCUT2D eigenvalue weighted by Crippen LogP contribution is 2.17. The summed E-state index contributed by atoms with van der Waals surface area (Å²) in [5.74, 6) is 0.0591. The summed E-state index contributed by atoms with van der Waals surface area (Å²) in [7, 11) is 0. The minimum absolute atomic E-state index is 0.0414. The Kier molecular flexibility index (Phi) is 5.76. The third-order valence-electron chi connectivity index (χ3n) is 5.11. The summed E-state index contributed by atoms with van der Waals surface area (Å²) in [6.45, 7) is 4.80. The van der Waals surface area contributed by atoms with Gasteiger partial charge in [-0.2, -0.15) is 5.10 Å². The Morgan fingerprint density at radius 1 is 1.23 bits per heavy atom. The van der Waals surface area contributed by atoms with Crippen molar-refractivity contribution >= 4 is 5.91 Å². The van der Waals surface area contributed by atoms with Crippen molar-refractivity contribution in [3.05, 3.63) is 64.2 Å². The number of aryl methyl sites for hydroxylation is 2. The van der Waals surface area contributed by atoms with Crippen LogP contribution in [0.1, 0.15) is 24.2 Å². The molecule has 8 heteroatoms. The van der Waals surface area contributed by atoms with Gasteiger partial charge in [0, 0.05) is 30.5 Å². The monoisotopic (exact) mass is 407 g/mol. The minimum atomic E-state index is -0.307. The number of carbonyl (C=O) groups is 1. The first kappa shape index (κ1) is 20.0. The Hall–Kier alpha value is -3.26. The van der Waals surface area contributed by atoms with Crippen LogP contribution in [0, 0.1) is 13.8 Å². The Balaban J connectivity index is 1.68. The molecule has 3 aromatic rings. The van der Waals surface area contributed by atoms with E-state index in [4.69, 9.17) is 9.72 Å². The smallest absolute Gasteiger partial charge is 0.256 e. The molecule has 1 saturated heterocycles. The van der Waals surface area contributed by atoms with Crippen LogP contribution in [0.25, 0.3) is 17.2 Å². The molecule has 1 aliphatic rings. The molecule has 1 fully saturated rings. The fourth-order valence-electron chi connectivity index (χ4n) is 3.62. The number of nitrogens with one attached hydrogen (secondary N) is 1. The molecule has 1 aliphatic heterocycles. The first-order chi connectivity index (χ1) is 14.5. The lowest BCUT2D eigenvalue weighted by Gasteiger charge is -2.15. The highest BCUT2D eigenvalue weighted by Gasteiger charge is 2.19. The molecule has 30 heavy (non-hydrogen) atoms. The first-order valence-electron chi connectivity index (χ1n) is 10.1. The van der Waals surface area contributed by atoms with Crippen LogP contribution in [0.4, 0.5) is 0 Å². The van der Waals surface area contributed by atoms with Gasteiger partial charge in [0.15, 0.2) is 0 Å². The highest BCUT2D eigenvalue weighted by atomic mass is 16.5. The van der Waals surface area contributed by atoms with Crippen LogP contribution in [0.2, 0.25) is 0 Å². The van der Waals surface area contributed by atoms with Crippen LogP contribution in [-0.4, -0.2) is 44.5 Å². The molecule has 0 spiro atoms. The van der Waals surface area contributed by atoms with Gasteiger partial charge in [-0.15, -0.1) is 0 Å². The van der Waals surface area contributed by atoms with Crippen molar-refractivity contribution in [2.75, 3.05) is 13.2 Å². The van der Waals surface area contributed by atoms with Crippen molar-refractivity contribution in [1.29, 1.82) is 0 Å². The number of ether oxygens (including phenoxy) is 1. The van der Waals surface area contributed by atoms with Crippen LogP contribution in [0.15, 0.2) is 47.3 Å². The quantitative estimate of drug-likeness (QED) is 0.675. The fourth-order valence-corrected chi connectivity index (χ4v) is 3.62. The molecule has 2 aromatic heterocycles. The number of hydrogen-bond acceptors (Lipinski definition) is 5. The Morgan fingerprint density at radius 2 is 2.03 bits per heavy atom. The van der Waals surface area contributed by atoms with Crippen molar-refractivity contribution in [1.82, 2.24) is 24.6 Å². The van der Waals surface area contributed by atoms with Crippen molar-refractivity contribution < 1.29 is 9.53 Å². The second-order valence-electron chi connectivity index (χ2n) is 7.51. The summed E-state index contributed by atoms with van der Waals surface area (Å²) in [5.41, 5.74) is 2.70. The van der Waals surface area contributed by atoms with E-state index in [-0.39, 0.29) is 24.1 Å². The molecular weight excluding hydrogens is 382 g/mol. The number of benzene rings is 1. The fraction of sp³-hybridized carbons (Fsp3) is 0.364. The second kappa shape index (κ2) is 8.62. The summed E-state index contributed by atoms with van der Waals surface area (Å²) < 4.78 is 8.51. The molecule has 1 atom stereocenters. The van der Waals surface area contributed by atoms with Gasteiger partial charge in [-0.05, 0) is 32.8 Å². The van der Waals surface area contributed by atoms with E-state index in [0.29, 0.717) is 18.2 Å². The van der Waals surface area contributed by atoms with E-state index in [1.54, 1.807) is 4.68 Å². The number of carbonyl (C=O) groups excluding carboxylic acids is 1. The molecule has 1 unspecified atom stereocenters. The molecule has 0 radical (unpaired) electrons. The summed E-state index contributed by atoms with van der Waals surface area (Å²) in [4.78, 5) is 30.3. The van der Waals surface area contributed by atoms with Gasteiger partial charge in [0.2, 0.25) is 11.9 Å². The Morgan fingerprint density at radius 3 is 2.70 bits per heavy atom. The average molecular weight is 407 g/mol. The summed E-state index contributed by atoms with van der Waals surface area (Å²) >= 11 is 0. The first-order valence-corrected chi connectivity index (χ1v) is 10.1. The molecule has 1 aromatic carbocycles. The van der Waals surface area contributed by atoms with E-state index in [9.17, 15) is 9.59 Å². The molecule has 0 bridgehead atoms. The zero-order valence-corrected chi connectivity index (χ0v) is 17.2. The maximum atomic E-state index is 13.0. The van der Waals surface area contributed by atoms with Gasteiger partial charge in [0.05, 0.1) is 17.5 Å². The molecule has 1 amide bonds. The molecule has 156 valence electrons. The van der Waals surface area contributed by atoms with E-state index in [1.165, 1.54) is 10.6 Å². The third-order valence-corrected chi connectivity index (χ3v) is 5.11. The number of nitrogens with zero attached hydrogens (tertiary/aromatic N) is 4. The molecule has 1 N–H and O–H groups in total. The lowest BCUT2D eigenvalue weighted by Crippen LogP contribution is -2.38. The van der Waals surface area contributed by atoms with Gasteiger partial charge in [0.1, 0.15) is 6.54 Å². The van der Waals surface area contributed by atoms with Crippen LogP contribution >= 0.6 is 0 Å². The van der Waals surface area contributed by atoms with E-state index in [1.807, 2.05) is 50.2 Å². The average Bonchev–Trinajstić information content (AvgIpc) is 3.37. The van der Waals surface area contributed by atoms with Gasteiger partial charge >= 0.3 is 0 Å². The largest absolute Gasteiger partial charge is 0.376 e. The molecule has 4 rings (SSSR count). The van der Waals surface area contributed by atoms with Gasteiger partial charge < -0.3 is 10.1 Å². The maximum Gasteiger partial charge on any atom is 0.256 e. The zero-order chi connectivity index (χ0) is 21.1. The SMILES string of the molecule is Cc1cc(C)n(-c2nc(-c3ccccc3)cc(=O)n2CC(=O)NCC2CCCO2)n1. The zero-order valence-electron chi connectivity index (χ0n) is 17.2. The Labute approximate surface area is 174 Å². The van der Waals surface area contributed by atoms with Gasteiger partial charge in [-0.3, -0.25) is 14.2 Å². The third kappa shape index (κ3) is 4.33. The van der Waals surface area contributed by atoms with Crippen molar-refractivity contribution in [2.45, 2.75) is 39.3 Å². The van der Waals surface area contributed by atoms with Crippen LogP contribution in [-0.2, 0) is 16.1 Å². The molecular formula is C22H25N5O3. The molecule has 3 heterocycles. The van der Waals surface area contributed by atoms with Crippen molar-refractivity contribution in [3.8, 4) is 17.2 Å². The standard InChI is InChI=1S/C22H25N5O3/c1-15-11-16(2)27(25-15)22-24-19(17-7-4-3-5-8-17)12-21(29)26(22)14-20(28)23-13-18-9-6-10-30-18/h3-5,7-8,11-12,18H,6,9-10,13-14H2,1-2H3,(H,23,28). The molecule has 0 aliphatic carbocycles. The van der Waals surface area contributed by atoms with Crippen LogP contribution in [0.5, 0.6) is 0 Å². The lowest BCUT2D eigenvalue weighted by atomic mass is 10.1. The van der Waals surface area contributed by atoms with Crippen molar-refractivity contribution in [3.63, 3.8) is 0 Å². The summed E-state index contributed by atoms with van der Waals surface area (Å²) in [6, 6.07) is 12.8. The van der Waals surface area contributed by atoms with Crippen LogP contribution in [0.3, 0.4) is 0 Å². The predicted molar refractivity (Wildman–Crippen MR) is 113 cm³/mol. The maximum absolute atomic E-state index is 13.0. The number of amides is 1. The normalized spacial score (nSPS) is 16.0. The number of aromatic nitrogens is 4. The van der Waals surface area contributed by atoms with E-state index < -0.39 is 0 Å². The van der Waals surface area contributed by atoms with Gasteiger partial charge in [-0.1, -0.05) is 30.3 Å². The summed E-state index contributed by atoms with van der Waals surface area (Å²) in [5, 5.41) is 7.34.